The Morgan fingerprint density at radius 3 is 2.71 bits per heavy atom. The Hall–Kier alpha value is -2.41. The molecule has 0 bridgehead atoms. The van der Waals surface area contributed by atoms with Crippen LogP contribution < -0.4 is 15.5 Å². The normalized spacial score (nSPS) is 15.0. The van der Waals surface area contributed by atoms with Crippen molar-refractivity contribution in [3.05, 3.63) is 36.3 Å². The van der Waals surface area contributed by atoms with Crippen molar-refractivity contribution in [1.29, 1.82) is 0 Å². The van der Waals surface area contributed by atoms with Crippen LogP contribution in [-0.4, -0.2) is 46.9 Å². The molecule has 0 aromatic carbocycles. The molecular formula is C14H18N6O. The number of nitrogens with zero attached hydrogens (tertiary/aromatic N) is 4. The van der Waals surface area contributed by atoms with Gasteiger partial charge in [-0.05, 0) is 12.1 Å². The van der Waals surface area contributed by atoms with Gasteiger partial charge in [0.2, 0.25) is 0 Å². The molecule has 0 radical (unpaired) electrons. The number of nitrogens with one attached hydrogen (secondary N) is 2. The van der Waals surface area contributed by atoms with E-state index in [1.165, 1.54) is 6.20 Å². The molecule has 3 heterocycles. The van der Waals surface area contributed by atoms with Gasteiger partial charge in [-0.3, -0.25) is 9.48 Å². The highest BCUT2D eigenvalue weighted by molar-refractivity contribution is 6.03. The van der Waals surface area contributed by atoms with Gasteiger partial charge in [0.15, 0.2) is 0 Å². The number of hydrogen-bond donors (Lipinski definition) is 2. The summed E-state index contributed by atoms with van der Waals surface area (Å²) in [6, 6.07) is 3.81. The number of rotatable bonds is 3. The number of carbonyl (C=O) groups is 1. The van der Waals surface area contributed by atoms with Crippen LogP contribution in [0.15, 0.2) is 30.7 Å². The first-order valence-electron chi connectivity index (χ1n) is 6.94. The van der Waals surface area contributed by atoms with E-state index in [4.69, 9.17) is 0 Å². The van der Waals surface area contributed by atoms with Crippen molar-refractivity contribution in [3.63, 3.8) is 0 Å². The van der Waals surface area contributed by atoms with E-state index >= 15 is 0 Å². The molecule has 2 aromatic heterocycles. The third kappa shape index (κ3) is 3.19. The maximum absolute atomic E-state index is 12.0. The molecule has 0 spiro atoms. The first-order chi connectivity index (χ1) is 10.2. The van der Waals surface area contributed by atoms with Gasteiger partial charge in [-0.2, -0.15) is 5.10 Å². The van der Waals surface area contributed by atoms with E-state index in [9.17, 15) is 4.79 Å². The van der Waals surface area contributed by atoms with Crippen LogP contribution in [0, 0.1) is 0 Å². The highest BCUT2D eigenvalue weighted by Gasteiger charge is 2.12. The van der Waals surface area contributed by atoms with E-state index in [1.807, 2.05) is 12.1 Å². The topological polar surface area (TPSA) is 75.1 Å². The van der Waals surface area contributed by atoms with Gasteiger partial charge in [-0.25, -0.2) is 4.98 Å². The lowest BCUT2D eigenvalue weighted by molar-refractivity contribution is 0.102. The number of aryl methyl sites for hydroxylation is 1. The Kier molecular flexibility index (Phi) is 3.83. The van der Waals surface area contributed by atoms with Crippen molar-refractivity contribution in [2.75, 3.05) is 36.4 Å². The number of carbonyl (C=O) groups excluding carboxylic acids is 1. The van der Waals surface area contributed by atoms with Gasteiger partial charge in [0.05, 0.1) is 23.6 Å². The summed E-state index contributed by atoms with van der Waals surface area (Å²) in [7, 11) is 1.78. The quantitative estimate of drug-likeness (QED) is 0.858. The molecule has 0 unspecified atom stereocenters. The lowest BCUT2D eigenvalue weighted by atomic mass is 10.3. The Bertz CT molecular complexity index is 615. The zero-order chi connectivity index (χ0) is 14.7. The summed E-state index contributed by atoms with van der Waals surface area (Å²) in [6.07, 6.45) is 5.00. The molecule has 7 nitrogen and oxygen atoms in total. The number of hydrogen-bond acceptors (Lipinski definition) is 5. The maximum atomic E-state index is 12.0. The Balaban J connectivity index is 1.65. The molecule has 0 atom stereocenters. The molecule has 0 aliphatic carbocycles. The highest BCUT2D eigenvalue weighted by atomic mass is 16.1. The summed E-state index contributed by atoms with van der Waals surface area (Å²) in [5.74, 6) is 0.341. The summed E-state index contributed by atoms with van der Waals surface area (Å²) in [6.45, 7) is 3.92. The fourth-order valence-corrected chi connectivity index (χ4v) is 2.30. The molecule has 1 fully saturated rings. The van der Waals surface area contributed by atoms with E-state index < -0.39 is 0 Å². The van der Waals surface area contributed by atoms with Gasteiger partial charge >= 0.3 is 0 Å². The molecule has 2 N–H and O–H groups in total. The molecule has 110 valence electrons. The van der Waals surface area contributed by atoms with E-state index in [-0.39, 0.29) is 5.91 Å². The second-order valence-corrected chi connectivity index (χ2v) is 5.00. The molecule has 21 heavy (non-hydrogen) atoms. The molecule has 1 aliphatic rings. The molecule has 3 rings (SSSR count). The lowest BCUT2D eigenvalue weighted by Crippen LogP contribution is -2.43. The van der Waals surface area contributed by atoms with Gasteiger partial charge in [0.25, 0.3) is 5.91 Å². The molecule has 1 aliphatic heterocycles. The standard InChI is InChI=1S/C14H18N6O/c1-19-10-11(8-17-19)14(21)18-13-3-2-12(9-16-13)20-6-4-15-5-7-20/h2-3,8-10,15H,4-7H2,1H3,(H,16,18,21). The van der Waals surface area contributed by atoms with Gasteiger partial charge in [0.1, 0.15) is 5.82 Å². The first kappa shape index (κ1) is 13.6. The van der Waals surface area contributed by atoms with Crippen LogP contribution in [0.1, 0.15) is 10.4 Å². The van der Waals surface area contributed by atoms with Crippen molar-refractivity contribution < 1.29 is 4.79 Å². The highest BCUT2D eigenvalue weighted by Crippen LogP contribution is 2.16. The number of piperazine rings is 1. The maximum Gasteiger partial charge on any atom is 0.260 e. The summed E-state index contributed by atoms with van der Waals surface area (Å²) >= 11 is 0. The predicted octanol–water partition coefficient (Wildman–Crippen LogP) is 0.477. The summed E-state index contributed by atoms with van der Waals surface area (Å²) in [5.41, 5.74) is 1.60. The van der Waals surface area contributed by atoms with E-state index in [1.54, 1.807) is 24.1 Å². The number of aromatic nitrogens is 3. The summed E-state index contributed by atoms with van der Waals surface area (Å²) < 4.78 is 1.59. The third-order valence-corrected chi connectivity index (χ3v) is 3.44. The smallest absolute Gasteiger partial charge is 0.260 e. The van der Waals surface area contributed by atoms with Crippen molar-refractivity contribution in [2.24, 2.45) is 7.05 Å². The van der Waals surface area contributed by atoms with Crippen LogP contribution >= 0.6 is 0 Å². The first-order valence-corrected chi connectivity index (χ1v) is 6.94. The molecule has 7 heteroatoms. The largest absolute Gasteiger partial charge is 0.368 e. The van der Waals surface area contributed by atoms with Crippen molar-refractivity contribution in [1.82, 2.24) is 20.1 Å². The predicted molar refractivity (Wildman–Crippen MR) is 80.5 cm³/mol. The SMILES string of the molecule is Cn1cc(C(=O)Nc2ccc(N3CCNCC3)cn2)cn1. The average Bonchev–Trinajstić information content (AvgIpc) is 2.96. The zero-order valence-corrected chi connectivity index (χ0v) is 11.9. The minimum atomic E-state index is -0.203. The van der Waals surface area contributed by atoms with Crippen molar-refractivity contribution in [3.8, 4) is 0 Å². The Morgan fingerprint density at radius 2 is 2.10 bits per heavy atom. The van der Waals surface area contributed by atoms with Crippen LogP contribution in [0.25, 0.3) is 0 Å². The number of anilines is 2. The van der Waals surface area contributed by atoms with E-state index in [2.05, 4.69) is 25.6 Å². The van der Waals surface area contributed by atoms with E-state index in [0.29, 0.717) is 11.4 Å². The second kappa shape index (κ2) is 5.92. The Labute approximate surface area is 123 Å². The van der Waals surface area contributed by atoms with Crippen LogP contribution in [0.5, 0.6) is 0 Å². The van der Waals surface area contributed by atoms with Crippen molar-refractivity contribution >= 4 is 17.4 Å². The van der Waals surface area contributed by atoms with Crippen LogP contribution in [0.2, 0.25) is 0 Å². The second-order valence-electron chi connectivity index (χ2n) is 5.00. The minimum Gasteiger partial charge on any atom is -0.368 e. The molecule has 1 saturated heterocycles. The summed E-state index contributed by atoms with van der Waals surface area (Å²) in [4.78, 5) is 18.6. The lowest BCUT2D eigenvalue weighted by Gasteiger charge is -2.29. The van der Waals surface area contributed by atoms with Gasteiger partial charge in [0, 0.05) is 39.4 Å². The van der Waals surface area contributed by atoms with Gasteiger partial charge < -0.3 is 15.5 Å². The number of amides is 1. The molecule has 2 aromatic rings. The minimum absolute atomic E-state index is 0.203. The fourth-order valence-electron chi connectivity index (χ4n) is 2.30. The van der Waals surface area contributed by atoms with E-state index in [0.717, 1.165) is 31.9 Å². The zero-order valence-electron chi connectivity index (χ0n) is 11.9. The van der Waals surface area contributed by atoms with Gasteiger partial charge in [-0.15, -0.1) is 0 Å². The molecular weight excluding hydrogens is 268 g/mol. The van der Waals surface area contributed by atoms with Crippen molar-refractivity contribution in [2.45, 2.75) is 0 Å². The summed E-state index contributed by atoms with van der Waals surface area (Å²) in [5, 5.41) is 10.1. The van der Waals surface area contributed by atoms with Gasteiger partial charge in [-0.1, -0.05) is 0 Å². The monoisotopic (exact) mass is 286 g/mol. The van der Waals surface area contributed by atoms with Crippen LogP contribution in [0.3, 0.4) is 0 Å². The molecule has 0 saturated carbocycles. The molecule has 1 amide bonds. The Morgan fingerprint density at radius 1 is 1.29 bits per heavy atom. The van der Waals surface area contributed by atoms with Crippen LogP contribution in [0.4, 0.5) is 11.5 Å². The fraction of sp³-hybridized carbons (Fsp3) is 0.357. The van der Waals surface area contributed by atoms with Crippen LogP contribution in [-0.2, 0) is 7.05 Å². The number of pyridine rings is 1. The third-order valence-electron chi connectivity index (χ3n) is 3.44. The average molecular weight is 286 g/mol.